The molecule has 1 aromatic rings. The van der Waals surface area contributed by atoms with Gasteiger partial charge in [0.15, 0.2) is 0 Å². The van der Waals surface area contributed by atoms with Crippen molar-refractivity contribution in [2.75, 3.05) is 20.3 Å². The molecule has 3 rings (SSSR count). The summed E-state index contributed by atoms with van der Waals surface area (Å²) in [4.78, 5) is 26.3. The van der Waals surface area contributed by atoms with E-state index in [0.717, 1.165) is 5.56 Å². The van der Waals surface area contributed by atoms with Gasteiger partial charge in [-0.3, -0.25) is 9.59 Å². The molecule has 2 saturated heterocycles. The number of hydrogen-bond donors (Lipinski definition) is 1. The van der Waals surface area contributed by atoms with E-state index in [4.69, 9.17) is 4.74 Å². The van der Waals surface area contributed by atoms with E-state index in [1.807, 2.05) is 18.2 Å². The highest BCUT2D eigenvalue weighted by atomic mass is 16.5. The summed E-state index contributed by atoms with van der Waals surface area (Å²) >= 11 is 0. The number of amides is 2. The number of nitrogens with one attached hydrogen (secondary N) is 1. The van der Waals surface area contributed by atoms with Crippen molar-refractivity contribution in [1.29, 1.82) is 0 Å². The van der Waals surface area contributed by atoms with Crippen molar-refractivity contribution in [2.24, 2.45) is 0 Å². The van der Waals surface area contributed by atoms with Crippen molar-refractivity contribution in [3.8, 4) is 0 Å². The second kappa shape index (κ2) is 5.57. The number of rotatable bonds is 3. The minimum Gasteiger partial charge on any atom is -0.376 e. The lowest BCUT2D eigenvalue weighted by atomic mass is 9.80. The maximum atomic E-state index is 12.9. The molecule has 1 aromatic carbocycles. The van der Waals surface area contributed by atoms with Crippen molar-refractivity contribution in [3.05, 3.63) is 42.0 Å². The Morgan fingerprint density at radius 1 is 1.45 bits per heavy atom. The molecule has 1 N–H and O–H groups in total. The summed E-state index contributed by atoms with van der Waals surface area (Å²) in [6.45, 7) is 4.69. The lowest BCUT2D eigenvalue weighted by Crippen LogP contribution is -2.74. The predicted molar refractivity (Wildman–Crippen MR) is 83.3 cm³/mol. The molecule has 0 radical (unpaired) electrons. The van der Waals surface area contributed by atoms with Crippen LogP contribution >= 0.6 is 0 Å². The highest BCUT2D eigenvalue weighted by molar-refractivity contribution is 5.98. The smallest absolute Gasteiger partial charge is 0.254 e. The van der Waals surface area contributed by atoms with Crippen molar-refractivity contribution in [2.45, 2.75) is 24.4 Å². The Labute approximate surface area is 129 Å². The van der Waals surface area contributed by atoms with Crippen LogP contribution in [0.4, 0.5) is 0 Å². The SMILES string of the molecule is C=Cc1ccccc1C(=O)N(C)C1CCC(=O)NC12COC2. The molecule has 22 heavy (non-hydrogen) atoms. The number of carbonyl (C=O) groups is 2. The van der Waals surface area contributed by atoms with E-state index < -0.39 is 5.54 Å². The average molecular weight is 300 g/mol. The van der Waals surface area contributed by atoms with Crippen LogP contribution in [0.5, 0.6) is 0 Å². The van der Waals surface area contributed by atoms with Crippen molar-refractivity contribution in [3.63, 3.8) is 0 Å². The molecule has 2 aliphatic rings. The maximum Gasteiger partial charge on any atom is 0.254 e. The normalized spacial score (nSPS) is 22.6. The van der Waals surface area contributed by atoms with Gasteiger partial charge in [0.25, 0.3) is 5.91 Å². The Balaban J connectivity index is 1.86. The van der Waals surface area contributed by atoms with Crippen LogP contribution in [0.3, 0.4) is 0 Å². The number of nitrogens with zero attached hydrogens (tertiary/aromatic N) is 1. The molecule has 1 spiro atoms. The van der Waals surface area contributed by atoms with Crippen LogP contribution in [0, 0.1) is 0 Å². The van der Waals surface area contributed by atoms with E-state index in [9.17, 15) is 9.59 Å². The fourth-order valence-corrected chi connectivity index (χ4v) is 3.32. The first-order valence-electron chi connectivity index (χ1n) is 7.45. The molecule has 2 amide bonds. The molecule has 2 heterocycles. The highest BCUT2D eigenvalue weighted by Crippen LogP contribution is 2.32. The molecular formula is C17H20N2O3. The number of likely N-dealkylation sites (N-methyl/N-ethyl adjacent to an activating group) is 1. The van der Waals surface area contributed by atoms with Gasteiger partial charge in [0.1, 0.15) is 5.54 Å². The van der Waals surface area contributed by atoms with Gasteiger partial charge in [0.2, 0.25) is 5.91 Å². The average Bonchev–Trinajstić information content (AvgIpc) is 2.51. The first kappa shape index (κ1) is 14.8. The van der Waals surface area contributed by atoms with Gasteiger partial charge >= 0.3 is 0 Å². The molecule has 0 saturated carbocycles. The third-order valence-electron chi connectivity index (χ3n) is 4.59. The van der Waals surface area contributed by atoms with Crippen molar-refractivity contribution in [1.82, 2.24) is 10.2 Å². The van der Waals surface area contributed by atoms with E-state index in [1.54, 1.807) is 24.1 Å². The third kappa shape index (κ3) is 2.31. The molecule has 2 fully saturated rings. The number of piperidine rings is 1. The first-order valence-corrected chi connectivity index (χ1v) is 7.45. The Hall–Kier alpha value is -2.14. The minimum atomic E-state index is -0.428. The van der Waals surface area contributed by atoms with Crippen LogP contribution < -0.4 is 5.32 Å². The fraction of sp³-hybridized carbons (Fsp3) is 0.412. The molecule has 0 bridgehead atoms. The van der Waals surface area contributed by atoms with Gasteiger partial charge in [-0.15, -0.1) is 0 Å². The Morgan fingerprint density at radius 3 is 2.82 bits per heavy atom. The first-order chi connectivity index (χ1) is 10.6. The minimum absolute atomic E-state index is 0.0342. The molecule has 2 aliphatic heterocycles. The van der Waals surface area contributed by atoms with E-state index in [2.05, 4.69) is 11.9 Å². The molecule has 1 atom stereocenters. The predicted octanol–water partition coefficient (Wildman–Crippen LogP) is 1.45. The zero-order valence-electron chi connectivity index (χ0n) is 12.7. The molecule has 0 aliphatic carbocycles. The van der Waals surface area contributed by atoms with Gasteiger partial charge in [-0.05, 0) is 18.1 Å². The quantitative estimate of drug-likeness (QED) is 0.919. The summed E-state index contributed by atoms with van der Waals surface area (Å²) in [5.41, 5.74) is 1.02. The van der Waals surface area contributed by atoms with Gasteiger partial charge in [0, 0.05) is 19.0 Å². The maximum absolute atomic E-state index is 12.9. The van der Waals surface area contributed by atoms with Gasteiger partial charge in [-0.25, -0.2) is 0 Å². The number of carbonyl (C=O) groups excluding carboxylic acids is 2. The largest absolute Gasteiger partial charge is 0.376 e. The van der Waals surface area contributed by atoms with Gasteiger partial charge < -0.3 is 15.0 Å². The van der Waals surface area contributed by atoms with E-state index in [0.29, 0.717) is 31.6 Å². The molecular weight excluding hydrogens is 280 g/mol. The Morgan fingerprint density at radius 2 is 2.18 bits per heavy atom. The number of hydrogen-bond acceptors (Lipinski definition) is 3. The molecule has 1 unspecified atom stereocenters. The second-order valence-electron chi connectivity index (χ2n) is 5.96. The monoisotopic (exact) mass is 300 g/mol. The lowest BCUT2D eigenvalue weighted by Gasteiger charge is -2.52. The van der Waals surface area contributed by atoms with Crippen molar-refractivity contribution < 1.29 is 14.3 Å². The lowest BCUT2D eigenvalue weighted by molar-refractivity contribution is -0.149. The van der Waals surface area contributed by atoms with Crippen LogP contribution in [0.1, 0.15) is 28.8 Å². The van der Waals surface area contributed by atoms with Crippen LogP contribution in [0.15, 0.2) is 30.8 Å². The van der Waals surface area contributed by atoms with Crippen LogP contribution in [0.2, 0.25) is 0 Å². The summed E-state index contributed by atoms with van der Waals surface area (Å²) in [6, 6.07) is 7.36. The summed E-state index contributed by atoms with van der Waals surface area (Å²) in [7, 11) is 1.80. The van der Waals surface area contributed by atoms with E-state index in [1.165, 1.54) is 0 Å². The summed E-state index contributed by atoms with van der Waals surface area (Å²) in [5.74, 6) is -0.0187. The number of ether oxygens (including phenoxy) is 1. The van der Waals surface area contributed by atoms with E-state index in [-0.39, 0.29) is 17.9 Å². The van der Waals surface area contributed by atoms with Crippen molar-refractivity contribution >= 4 is 17.9 Å². The third-order valence-corrected chi connectivity index (χ3v) is 4.59. The second-order valence-corrected chi connectivity index (χ2v) is 5.96. The van der Waals surface area contributed by atoms with Gasteiger partial charge in [0.05, 0.1) is 19.3 Å². The summed E-state index contributed by atoms with van der Waals surface area (Å²) in [6.07, 6.45) is 2.78. The fourth-order valence-electron chi connectivity index (χ4n) is 3.32. The Bertz CT molecular complexity index is 622. The topological polar surface area (TPSA) is 58.6 Å². The van der Waals surface area contributed by atoms with Gasteiger partial charge in [-0.2, -0.15) is 0 Å². The Kier molecular flexibility index (Phi) is 3.74. The standard InChI is InChI=1S/C17H20N2O3/c1-3-12-6-4-5-7-13(12)16(21)19(2)14-8-9-15(20)18-17(14)10-22-11-17/h3-7,14H,1,8-11H2,2H3,(H,18,20). The highest BCUT2D eigenvalue weighted by Gasteiger charge is 2.51. The number of benzene rings is 1. The zero-order valence-corrected chi connectivity index (χ0v) is 12.7. The molecule has 0 aromatic heterocycles. The molecule has 116 valence electrons. The van der Waals surface area contributed by atoms with Gasteiger partial charge in [-0.1, -0.05) is 30.9 Å². The van der Waals surface area contributed by atoms with Crippen LogP contribution in [-0.4, -0.2) is 48.6 Å². The molecule has 5 nitrogen and oxygen atoms in total. The van der Waals surface area contributed by atoms with Crippen LogP contribution in [0.25, 0.3) is 6.08 Å². The van der Waals surface area contributed by atoms with E-state index >= 15 is 0 Å². The summed E-state index contributed by atoms with van der Waals surface area (Å²) < 4.78 is 5.31. The van der Waals surface area contributed by atoms with Crippen LogP contribution in [-0.2, 0) is 9.53 Å². The zero-order chi connectivity index (χ0) is 15.7. The molecule has 5 heteroatoms. The summed E-state index contributed by atoms with van der Waals surface area (Å²) in [5, 5.41) is 3.02.